The van der Waals surface area contributed by atoms with E-state index in [0.717, 1.165) is 42.4 Å². The number of aryl methyl sites for hydroxylation is 1. The summed E-state index contributed by atoms with van der Waals surface area (Å²) >= 11 is 0. The van der Waals surface area contributed by atoms with Gasteiger partial charge in [0.2, 0.25) is 0 Å². The Labute approximate surface area is 170 Å². The van der Waals surface area contributed by atoms with Gasteiger partial charge in [-0.2, -0.15) is 0 Å². The molecule has 4 rings (SSSR count). The van der Waals surface area contributed by atoms with Crippen molar-refractivity contribution in [2.75, 3.05) is 18.4 Å². The Balaban J connectivity index is 1.50. The fourth-order valence-electron chi connectivity index (χ4n) is 4.22. The second-order valence-electron chi connectivity index (χ2n) is 7.69. The van der Waals surface area contributed by atoms with Crippen molar-refractivity contribution in [1.29, 1.82) is 0 Å². The molecule has 1 fully saturated rings. The summed E-state index contributed by atoms with van der Waals surface area (Å²) in [6, 6.07) is 12.4. The zero-order chi connectivity index (χ0) is 20.4. The number of likely N-dealkylation sites (tertiary alicyclic amines) is 1. The Bertz CT molecular complexity index is 1010. The number of para-hydroxylation sites is 1. The summed E-state index contributed by atoms with van der Waals surface area (Å²) in [5.41, 5.74) is 3.12. The number of hydrogen-bond donors (Lipinski definition) is 2. The summed E-state index contributed by atoms with van der Waals surface area (Å²) in [4.78, 5) is 23.1. The number of aromatic nitrogens is 2. The van der Waals surface area contributed by atoms with Crippen LogP contribution in [0.25, 0.3) is 10.9 Å². The lowest BCUT2D eigenvalue weighted by Gasteiger charge is -2.36. The summed E-state index contributed by atoms with van der Waals surface area (Å²) in [5.74, 6) is -0.457. The van der Waals surface area contributed by atoms with E-state index in [1.54, 1.807) is 0 Å². The van der Waals surface area contributed by atoms with Gasteiger partial charge in [0.1, 0.15) is 11.4 Å². The van der Waals surface area contributed by atoms with Crippen molar-refractivity contribution < 1.29 is 9.90 Å². The number of rotatable bonds is 5. The third-order valence-corrected chi connectivity index (χ3v) is 5.97. The molecule has 3 aromatic rings. The molecule has 6 nitrogen and oxygen atoms in total. The molecule has 6 heteroatoms. The van der Waals surface area contributed by atoms with Gasteiger partial charge in [0.25, 0.3) is 0 Å². The molecule has 3 heterocycles. The van der Waals surface area contributed by atoms with E-state index < -0.39 is 5.97 Å². The van der Waals surface area contributed by atoms with Crippen LogP contribution >= 0.6 is 0 Å². The van der Waals surface area contributed by atoms with Gasteiger partial charge in [-0.25, -0.2) is 9.78 Å². The lowest BCUT2D eigenvalue weighted by atomic mass is 9.99. The Hall–Kier alpha value is -2.99. The Kier molecular flexibility index (Phi) is 5.45. The van der Waals surface area contributed by atoms with Gasteiger partial charge in [-0.15, -0.1) is 0 Å². The standard InChI is InChI=1S/C23H26N4O2/c1-15-19-5-3-4-6-20(19)26-22(21(15)23(28)29)25-18-9-13-27(14-10-18)16(2)17-7-11-24-12-8-17/h3-8,11-12,16,18H,9-10,13-14H2,1-2H3,(H,25,26)(H,28,29). The number of nitrogens with one attached hydrogen (secondary N) is 1. The van der Waals surface area contributed by atoms with Crippen LogP contribution in [0.15, 0.2) is 48.8 Å². The van der Waals surface area contributed by atoms with Gasteiger partial charge in [0, 0.05) is 43.0 Å². The third kappa shape index (κ3) is 3.93. The van der Waals surface area contributed by atoms with Gasteiger partial charge in [-0.1, -0.05) is 18.2 Å². The van der Waals surface area contributed by atoms with Crippen LogP contribution in [0.1, 0.15) is 47.3 Å². The molecule has 1 saturated heterocycles. The molecule has 1 aliphatic rings. The number of pyridine rings is 2. The van der Waals surface area contributed by atoms with Crippen molar-refractivity contribution in [3.05, 3.63) is 65.5 Å². The number of carbonyl (C=O) groups is 1. The minimum absolute atomic E-state index is 0.210. The minimum atomic E-state index is -0.938. The summed E-state index contributed by atoms with van der Waals surface area (Å²) in [6.45, 7) is 5.99. The van der Waals surface area contributed by atoms with Crippen molar-refractivity contribution in [3.8, 4) is 0 Å². The highest BCUT2D eigenvalue weighted by Crippen LogP contribution is 2.29. The molecule has 0 saturated carbocycles. The molecule has 1 aromatic carbocycles. The van der Waals surface area contributed by atoms with E-state index in [-0.39, 0.29) is 11.6 Å². The molecule has 1 unspecified atom stereocenters. The quantitative estimate of drug-likeness (QED) is 0.677. The second-order valence-corrected chi connectivity index (χ2v) is 7.69. The Morgan fingerprint density at radius 2 is 1.86 bits per heavy atom. The van der Waals surface area contributed by atoms with E-state index in [0.29, 0.717) is 11.9 Å². The topological polar surface area (TPSA) is 78.4 Å². The van der Waals surface area contributed by atoms with Crippen molar-refractivity contribution in [3.63, 3.8) is 0 Å². The molecule has 0 radical (unpaired) electrons. The van der Waals surface area contributed by atoms with Crippen LogP contribution in [0.4, 0.5) is 5.82 Å². The molecule has 0 aliphatic carbocycles. The van der Waals surface area contributed by atoms with Crippen LogP contribution in [0.3, 0.4) is 0 Å². The van der Waals surface area contributed by atoms with Crippen molar-refractivity contribution >= 4 is 22.7 Å². The van der Waals surface area contributed by atoms with Crippen LogP contribution in [0, 0.1) is 6.92 Å². The SMILES string of the molecule is Cc1c(C(=O)O)c(NC2CCN(C(C)c3ccncc3)CC2)nc2ccccc12. The zero-order valence-electron chi connectivity index (χ0n) is 16.8. The maximum absolute atomic E-state index is 11.9. The normalized spacial score (nSPS) is 16.6. The number of fused-ring (bicyclic) bond motifs is 1. The molecule has 150 valence electrons. The van der Waals surface area contributed by atoms with Crippen LogP contribution in [0.5, 0.6) is 0 Å². The van der Waals surface area contributed by atoms with Gasteiger partial charge in [-0.3, -0.25) is 9.88 Å². The average Bonchev–Trinajstić information content (AvgIpc) is 2.74. The van der Waals surface area contributed by atoms with Crippen LogP contribution in [0.2, 0.25) is 0 Å². The number of benzene rings is 1. The number of nitrogens with zero attached hydrogens (tertiary/aromatic N) is 3. The fraction of sp³-hybridized carbons (Fsp3) is 0.348. The number of piperidine rings is 1. The number of carboxylic acid groups (broad SMARTS) is 1. The van der Waals surface area contributed by atoms with Crippen LogP contribution in [-0.4, -0.2) is 45.1 Å². The van der Waals surface area contributed by atoms with E-state index in [1.807, 2.05) is 43.6 Å². The van der Waals surface area contributed by atoms with E-state index in [2.05, 4.69) is 39.2 Å². The molecule has 2 N–H and O–H groups in total. The van der Waals surface area contributed by atoms with E-state index >= 15 is 0 Å². The predicted octanol–water partition coefficient (Wildman–Crippen LogP) is 4.27. The molecular formula is C23H26N4O2. The van der Waals surface area contributed by atoms with Crippen LogP contribution in [-0.2, 0) is 0 Å². The molecule has 0 spiro atoms. The highest BCUT2D eigenvalue weighted by atomic mass is 16.4. The molecule has 0 bridgehead atoms. The highest BCUT2D eigenvalue weighted by Gasteiger charge is 2.26. The Morgan fingerprint density at radius 3 is 2.55 bits per heavy atom. The summed E-state index contributed by atoms with van der Waals surface area (Å²) in [6.07, 6.45) is 5.56. The maximum atomic E-state index is 11.9. The lowest BCUT2D eigenvalue weighted by molar-refractivity contribution is 0.0697. The first-order valence-corrected chi connectivity index (χ1v) is 10.1. The number of aromatic carboxylic acids is 1. The average molecular weight is 390 g/mol. The maximum Gasteiger partial charge on any atom is 0.339 e. The first kappa shape index (κ1) is 19.3. The fourth-order valence-corrected chi connectivity index (χ4v) is 4.22. The Morgan fingerprint density at radius 1 is 1.17 bits per heavy atom. The smallest absolute Gasteiger partial charge is 0.339 e. The van der Waals surface area contributed by atoms with Gasteiger partial charge in [0.15, 0.2) is 0 Å². The molecule has 29 heavy (non-hydrogen) atoms. The summed E-state index contributed by atoms with van der Waals surface area (Å²) in [5, 5.41) is 14.1. The summed E-state index contributed by atoms with van der Waals surface area (Å²) < 4.78 is 0. The molecular weight excluding hydrogens is 364 g/mol. The van der Waals surface area contributed by atoms with Crippen molar-refractivity contribution in [1.82, 2.24) is 14.9 Å². The first-order valence-electron chi connectivity index (χ1n) is 10.1. The number of hydrogen-bond acceptors (Lipinski definition) is 5. The van der Waals surface area contributed by atoms with Crippen LogP contribution < -0.4 is 5.32 Å². The molecule has 0 amide bonds. The van der Waals surface area contributed by atoms with E-state index in [9.17, 15) is 9.90 Å². The zero-order valence-corrected chi connectivity index (χ0v) is 16.8. The predicted molar refractivity (Wildman–Crippen MR) is 114 cm³/mol. The van der Waals surface area contributed by atoms with Gasteiger partial charge < -0.3 is 10.4 Å². The van der Waals surface area contributed by atoms with Gasteiger partial charge in [-0.05, 0) is 56.0 Å². The lowest BCUT2D eigenvalue weighted by Crippen LogP contribution is -2.40. The van der Waals surface area contributed by atoms with Gasteiger partial charge in [0.05, 0.1) is 5.52 Å². The van der Waals surface area contributed by atoms with Crippen molar-refractivity contribution in [2.24, 2.45) is 0 Å². The summed E-state index contributed by atoms with van der Waals surface area (Å²) in [7, 11) is 0. The van der Waals surface area contributed by atoms with Gasteiger partial charge >= 0.3 is 5.97 Å². The largest absolute Gasteiger partial charge is 0.478 e. The van der Waals surface area contributed by atoms with Crippen molar-refractivity contribution in [2.45, 2.75) is 38.8 Å². The monoisotopic (exact) mass is 390 g/mol. The minimum Gasteiger partial charge on any atom is -0.478 e. The first-order chi connectivity index (χ1) is 14.0. The van der Waals surface area contributed by atoms with E-state index in [4.69, 9.17) is 0 Å². The molecule has 2 aromatic heterocycles. The number of carboxylic acids is 1. The van der Waals surface area contributed by atoms with E-state index in [1.165, 1.54) is 5.56 Å². The molecule has 1 aliphatic heterocycles. The second kappa shape index (κ2) is 8.17. The molecule has 1 atom stereocenters. The third-order valence-electron chi connectivity index (χ3n) is 5.97. The highest BCUT2D eigenvalue weighted by molar-refractivity contribution is 6.01. The number of anilines is 1.